The predicted octanol–water partition coefficient (Wildman–Crippen LogP) is 1.89. The highest BCUT2D eigenvalue weighted by atomic mass is 32.1. The lowest BCUT2D eigenvalue weighted by Gasteiger charge is -1.99. The Balaban J connectivity index is 1.89. The summed E-state index contributed by atoms with van der Waals surface area (Å²) in [4.78, 5) is 4.36. The predicted molar refractivity (Wildman–Crippen MR) is 63.3 cm³/mol. The summed E-state index contributed by atoms with van der Waals surface area (Å²) < 4.78 is 4.25. The second-order valence-corrected chi connectivity index (χ2v) is 4.09. The highest BCUT2D eigenvalue weighted by molar-refractivity contribution is 7.09. The van der Waals surface area contributed by atoms with E-state index in [1.807, 2.05) is 12.1 Å². The van der Waals surface area contributed by atoms with Gasteiger partial charge in [0.2, 0.25) is 5.13 Å². The van der Waals surface area contributed by atoms with Crippen molar-refractivity contribution >= 4 is 16.7 Å². The number of rotatable bonds is 5. The van der Waals surface area contributed by atoms with Crippen LogP contribution in [0.4, 0.5) is 5.13 Å². The van der Waals surface area contributed by atoms with Gasteiger partial charge in [0.05, 0.1) is 12.2 Å². The first kappa shape index (κ1) is 10.9. The molecule has 2 rings (SSSR count). The van der Waals surface area contributed by atoms with Crippen molar-refractivity contribution in [3.05, 3.63) is 29.8 Å². The van der Waals surface area contributed by atoms with Crippen molar-refractivity contribution in [2.45, 2.75) is 26.3 Å². The normalized spacial score (nSPS) is 10.3. The van der Waals surface area contributed by atoms with Gasteiger partial charge < -0.3 is 5.32 Å². The molecule has 0 saturated heterocycles. The van der Waals surface area contributed by atoms with Crippen LogP contribution < -0.4 is 5.32 Å². The van der Waals surface area contributed by atoms with Gasteiger partial charge in [-0.1, -0.05) is 6.92 Å². The minimum atomic E-state index is 0.634. The SMILES string of the molecule is CCCc1nsc(NCc2cccnn2)n1. The Morgan fingerprint density at radius 1 is 1.44 bits per heavy atom. The zero-order chi connectivity index (χ0) is 11.2. The molecule has 0 aliphatic heterocycles. The van der Waals surface area contributed by atoms with E-state index < -0.39 is 0 Å². The van der Waals surface area contributed by atoms with Crippen LogP contribution in [0, 0.1) is 0 Å². The Bertz CT molecular complexity index is 428. The van der Waals surface area contributed by atoms with Crippen molar-refractivity contribution in [1.82, 2.24) is 19.6 Å². The van der Waals surface area contributed by atoms with Gasteiger partial charge in [0.25, 0.3) is 0 Å². The molecule has 0 spiro atoms. The van der Waals surface area contributed by atoms with Crippen molar-refractivity contribution in [3.8, 4) is 0 Å². The molecule has 84 valence electrons. The molecule has 0 fully saturated rings. The molecule has 2 heterocycles. The van der Waals surface area contributed by atoms with E-state index in [2.05, 4.69) is 31.8 Å². The van der Waals surface area contributed by atoms with Gasteiger partial charge in [-0.15, -0.1) is 0 Å². The Morgan fingerprint density at radius 3 is 3.12 bits per heavy atom. The molecule has 0 radical (unpaired) electrons. The van der Waals surface area contributed by atoms with E-state index in [0.717, 1.165) is 29.5 Å². The highest BCUT2D eigenvalue weighted by Crippen LogP contribution is 2.12. The van der Waals surface area contributed by atoms with Gasteiger partial charge in [-0.3, -0.25) is 0 Å². The number of hydrogen-bond acceptors (Lipinski definition) is 6. The van der Waals surface area contributed by atoms with Gasteiger partial charge in [0.1, 0.15) is 5.82 Å². The molecule has 0 saturated carbocycles. The van der Waals surface area contributed by atoms with Crippen LogP contribution in [0.15, 0.2) is 18.3 Å². The van der Waals surface area contributed by atoms with E-state index in [-0.39, 0.29) is 0 Å². The lowest BCUT2D eigenvalue weighted by Crippen LogP contribution is -2.02. The lowest BCUT2D eigenvalue weighted by molar-refractivity contribution is 0.859. The summed E-state index contributed by atoms with van der Waals surface area (Å²) in [5, 5.41) is 11.8. The molecule has 5 nitrogen and oxygen atoms in total. The maximum absolute atomic E-state index is 4.36. The van der Waals surface area contributed by atoms with Crippen molar-refractivity contribution in [3.63, 3.8) is 0 Å². The number of aryl methyl sites for hydroxylation is 1. The topological polar surface area (TPSA) is 63.6 Å². The van der Waals surface area contributed by atoms with Gasteiger partial charge in [0.15, 0.2) is 0 Å². The second-order valence-electron chi connectivity index (χ2n) is 3.33. The van der Waals surface area contributed by atoms with Crippen LogP contribution >= 0.6 is 11.5 Å². The molecule has 0 aromatic carbocycles. The minimum absolute atomic E-state index is 0.634. The molecule has 2 aromatic rings. The third-order valence-electron chi connectivity index (χ3n) is 1.99. The van der Waals surface area contributed by atoms with E-state index in [4.69, 9.17) is 0 Å². The first-order valence-corrected chi connectivity index (χ1v) is 5.99. The van der Waals surface area contributed by atoms with Crippen molar-refractivity contribution in [1.29, 1.82) is 0 Å². The molecule has 0 bridgehead atoms. The summed E-state index contributed by atoms with van der Waals surface area (Å²) in [5.41, 5.74) is 0.898. The van der Waals surface area contributed by atoms with Gasteiger partial charge in [-0.2, -0.15) is 14.6 Å². The maximum atomic E-state index is 4.36. The molecular weight excluding hydrogens is 222 g/mol. The maximum Gasteiger partial charge on any atom is 0.202 e. The van der Waals surface area contributed by atoms with E-state index >= 15 is 0 Å². The van der Waals surface area contributed by atoms with Crippen molar-refractivity contribution in [2.75, 3.05) is 5.32 Å². The van der Waals surface area contributed by atoms with Gasteiger partial charge >= 0.3 is 0 Å². The van der Waals surface area contributed by atoms with Crippen LogP contribution in [0.5, 0.6) is 0 Å². The smallest absolute Gasteiger partial charge is 0.202 e. The van der Waals surface area contributed by atoms with Crippen molar-refractivity contribution < 1.29 is 0 Å². The highest BCUT2D eigenvalue weighted by Gasteiger charge is 2.02. The fraction of sp³-hybridized carbons (Fsp3) is 0.400. The molecule has 2 aromatic heterocycles. The minimum Gasteiger partial charge on any atom is -0.355 e. The fourth-order valence-corrected chi connectivity index (χ4v) is 1.85. The summed E-state index contributed by atoms with van der Waals surface area (Å²) in [7, 11) is 0. The number of anilines is 1. The fourth-order valence-electron chi connectivity index (χ4n) is 1.24. The Kier molecular flexibility index (Phi) is 3.76. The quantitative estimate of drug-likeness (QED) is 0.857. The summed E-state index contributed by atoms with van der Waals surface area (Å²) in [6, 6.07) is 3.79. The Hall–Kier alpha value is -1.56. The van der Waals surface area contributed by atoms with Crippen LogP contribution in [0.25, 0.3) is 0 Å². The number of nitrogens with zero attached hydrogens (tertiary/aromatic N) is 4. The zero-order valence-corrected chi connectivity index (χ0v) is 9.87. The lowest BCUT2D eigenvalue weighted by atomic mass is 10.3. The van der Waals surface area contributed by atoms with Crippen LogP contribution in [0.3, 0.4) is 0 Å². The number of aromatic nitrogens is 4. The van der Waals surface area contributed by atoms with E-state index in [0.29, 0.717) is 6.54 Å². The molecule has 0 aliphatic rings. The Labute approximate surface area is 98.1 Å². The van der Waals surface area contributed by atoms with Crippen LogP contribution in [-0.2, 0) is 13.0 Å². The molecular formula is C10H13N5S. The zero-order valence-electron chi connectivity index (χ0n) is 9.05. The van der Waals surface area contributed by atoms with E-state index in [9.17, 15) is 0 Å². The van der Waals surface area contributed by atoms with Crippen LogP contribution in [-0.4, -0.2) is 19.6 Å². The number of nitrogens with one attached hydrogen (secondary N) is 1. The molecule has 16 heavy (non-hydrogen) atoms. The molecule has 0 unspecified atom stereocenters. The second kappa shape index (κ2) is 5.50. The molecule has 0 atom stereocenters. The molecule has 0 amide bonds. The summed E-state index contributed by atoms with van der Waals surface area (Å²) in [6.45, 7) is 2.75. The van der Waals surface area contributed by atoms with Gasteiger partial charge in [0, 0.05) is 24.2 Å². The van der Waals surface area contributed by atoms with Crippen LogP contribution in [0.2, 0.25) is 0 Å². The van der Waals surface area contributed by atoms with E-state index in [1.165, 1.54) is 11.5 Å². The summed E-state index contributed by atoms with van der Waals surface area (Å²) in [6.07, 6.45) is 3.66. The first-order chi connectivity index (χ1) is 7.88. The van der Waals surface area contributed by atoms with Crippen LogP contribution in [0.1, 0.15) is 24.9 Å². The average molecular weight is 235 g/mol. The number of hydrogen-bond donors (Lipinski definition) is 1. The average Bonchev–Trinajstić information content (AvgIpc) is 2.76. The largest absolute Gasteiger partial charge is 0.355 e. The van der Waals surface area contributed by atoms with Gasteiger partial charge in [-0.05, 0) is 18.6 Å². The summed E-state index contributed by atoms with van der Waals surface area (Å²) >= 11 is 1.39. The third kappa shape index (κ3) is 2.96. The third-order valence-corrected chi connectivity index (χ3v) is 2.70. The molecule has 1 N–H and O–H groups in total. The van der Waals surface area contributed by atoms with E-state index in [1.54, 1.807) is 6.20 Å². The molecule has 0 aliphatic carbocycles. The Morgan fingerprint density at radius 2 is 2.38 bits per heavy atom. The standard InChI is InChI=1S/C10H13N5S/c1-2-4-9-13-10(16-15-9)11-7-8-5-3-6-12-14-8/h3,5-6H,2,4,7H2,1H3,(H,11,13,15). The molecule has 6 heteroatoms. The monoisotopic (exact) mass is 235 g/mol. The summed E-state index contributed by atoms with van der Waals surface area (Å²) in [5.74, 6) is 0.911. The van der Waals surface area contributed by atoms with Gasteiger partial charge in [-0.25, -0.2) is 4.98 Å². The first-order valence-electron chi connectivity index (χ1n) is 5.21. The van der Waals surface area contributed by atoms with Crippen molar-refractivity contribution in [2.24, 2.45) is 0 Å².